The molecule has 0 radical (unpaired) electrons. The van der Waals surface area contributed by atoms with Crippen LogP contribution in [0.1, 0.15) is 16.7 Å². The van der Waals surface area contributed by atoms with Crippen molar-refractivity contribution in [1.82, 2.24) is 0 Å². The zero-order chi connectivity index (χ0) is 17.2. The van der Waals surface area contributed by atoms with Crippen LogP contribution in [0.15, 0.2) is 66.7 Å². The van der Waals surface area contributed by atoms with Crippen LogP contribution in [-0.4, -0.2) is 4.21 Å². The van der Waals surface area contributed by atoms with E-state index >= 15 is 0 Å². The van der Waals surface area contributed by atoms with Gasteiger partial charge in [0.1, 0.15) is 0 Å². The highest BCUT2D eigenvalue weighted by Crippen LogP contribution is 2.32. The Morgan fingerprint density at radius 1 is 0.750 bits per heavy atom. The molecule has 1 atom stereocenters. The van der Waals surface area contributed by atoms with Gasteiger partial charge in [0.15, 0.2) is 0 Å². The first-order chi connectivity index (χ1) is 11.4. The predicted octanol–water partition coefficient (Wildman–Crippen LogP) is 5.31. The van der Waals surface area contributed by atoms with Gasteiger partial charge in [-0.15, -0.1) is 0 Å². The minimum Gasteiger partial charge on any atom is -0.259 e. The molecule has 124 valence electrons. The van der Waals surface area contributed by atoms with Gasteiger partial charge in [-0.3, -0.25) is 4.21 Å². The van der Waals surface area contributed by atoms with E-state index in [-0.39, 0.29) is 17.1 Å². The molecule has 1 nitrogen and oxygen atoms in total. The third-order valence-electron chi connectivity index (χ3n) is 3.84. The average molecular weight is 348 g/mol. The summed E-state index contributed by atoms with van der Waals surface area (Å²) >= 11 is 0. The Kier molecular flexibility index (Phi) is 4.71. The predicted molar refractivity (Wildman–Crippen MR) is 90.9 cm³/mol. The fourth-order valence-corrected chi connectivity index (χ4v) is 4.04. The zero-order valence-corrected chi connectivity index (χ0v) is 13.5. The van der Waals surface area contributed by atoms with E-state index < -0.39 is 22.5 Å². The maximum Gasteiger partial charge on any atom is 0.416 e. The lowest BCUT2D eigenvalue weighted by atomic mass is 10.1. The fraction of sp³-hybridized carbons (Fsp3) is 0.158. The molecule has 0 aromatic heterocycles. The minimum absolute atomic E-state index is 0.0728. The van der Waals surface area contributed by atoms with Gasteiger partial charge in [0.2, 0.25) is 0 Å². The first-order valence-electron chi connectivity index (χ1n) is 7.42. The van der Waals surface area contributed by atoms with E-state index in [1.54, 1.807) is 6.07 Å². The van der Waals surface area contributed by atoms with Crippen molar-refractivity contribution in [2.45, 2.75) is 17.7 Å². The molecule has 3 rings (SSSR count). The maximum atomic E-state index is 13.0. The van der Waals surface area contributed by atoms with Crippen LogP contribution >= 0.6 is 0 Å². The number of alkyl halides is 3. The molecule has 0 fully saturated rings. The highest BCUT2D eigenvalue weighted by atomic mass is 32.2. The summed E-state index contributed by atoms with van der Waals surface area (Å²) in [4.78, 5) is 0. The van der Waals surface area contributed by atoms with Crippen LogP contribution in [0.3, 0.4) is 0 Å². The molecule has 0 amide bonds. The first kappa shape index (κ1) is 16.7. The van der Waals surface area contributed by atoms with Gasteiger partial charge in [-0.1, -0.05) is 60.7 Å². The smallest absolute Gasteiger partial charge is 0.259 e. The number of halogens is 3. The van der Waals surface area contributed by atoms with Gasteiger partial charge >= 0.3 is 6.18 Å². The van der Waals surface area contributed by atoms with Gasteiger partial charge in [-0.2, -0.15) is 13.2 Å². The lowest BCUT2D eigenvalue weighted by Gasteiger charge is -2.13. The van der Waals surface area contributed by atoms with Gasteiger partial charge in [0.05, 0.1) is 5.56 Å². The maximum absolute atomic E-state index is 13.0. The van der Waals surface area contributed by atoms with E-state index in [0.29, 0.717) is 0 Å². The molecule has 0 saturated carbocycles. The molecule has 24 heavy (non-hydrogen) atoms. The quantitative estimate of drug-likeness (QED) is 0.625. The summed E-state index contributed by atoms with van der Waals surface area (Å²) < 4.78 is 51.6. The van der Waals surface area contributed by atoms with Gasteiger partial charge in [0.25, 0.3) is 0 Å². The van der Waals surface area contributed by atoms with Crippen LogP contribution in [0.5, 0.6) is 0 Å². The zero-order valence-electron chi connectivity index (χ0n) is 12.7. The molecular weight excluding hydrogens is 333 g/mol. The Bertz CT molecular complexity index is 882. The summed E-state index contributed by atoms with van der Waals surface area (Å²) in [5.74, 6) is 0.118. The third-order valence-corrected chi connectivity index (χ3v) is 5.10. The molecular formula is C19H15F3OS. The van der Waals surface area contributed by atoms with Gasteiger partial charge in [-0.05, 0) is 28.0 Å². The lowest BCUT2D eigenvalue weighted by molar-refractivity contribution is -0.138. The van der Waals surface area contributed by atoms with Gasteiger partial charge < -0.3 is 0 Å². The summed E-state index contributed by atoms with van der Waals surface area (Å²) in [5.41, 5.74) is 0.246. The number of fused-ring (bicyclic) bond motifs is 1. The normalized spacial score (nSPS) is 13.1. The van der Waals surface area contributed by atoms with Crippen LogP contribution in [0.2, 0.25) is 0 Å². The summed E-state index contributed by atoms with van der Waals surface area (Å²) in [6, 6.07) is 18.7. The van der Waals surface area contributed by atoms with Crippen molar-refractivity contribution >= 4 is 21.6 Å². The monoisotopic (exact) mass is 348 g/mol. The van der Waals surface area contributed by atoms with Crippen LogP contribution in [0, 0.1) is 0 Å². The molecule has 0 bridgehead atoms. The molecule has 0 spiro atoms. The van der Waals surface area contributed by atoms with Crippen LogP contribution in [0.4, 0.5) is 13.2 Å². The Morgan fingerprint density at radius 3 is 2.12 bits per heavy atom. The molecule has 3 aromatic carbocycles. The lowest BCUT2D eigenvalue weighted by Crippen LogP contribution is -2.11. The van der Waals surface area contributed by atoms with Crippen molar-refractivity contribution in [3.8, 4) is 0 Å². The van der Waals surface area contributed by atoms with Gasteiger partial charge in [-0.25, -0.2) is 0 Å². The summed E-state index contributed by atoms with van der Waals surface area (Å²) in [7, 11) is -1.42. The highest BCUT2D eigenvalue weighted by molar-refractivity contribution is 7.83. The highest BCUT2D eigenvalue weighted by Gasteiger charge is 2.33. The Labute approximate surface area is 140 Å². The number of hydrogen-bond acceptors (Lipinski definition) is 1. The number of benzene rings is 3. The van der Waals surface area contributed by atoms with Crippen molar-refractivity contribution in [1.29, 1.82) is 0 Å². The van der Waals surface area contributed by atoms with Crippen LogP contribution in [0.25, 0.3) is 10.8 Å². The van der Waals surface area contributed by atoms with Crippen molar-refractivity contribution in [2.75, 3.05) is 0 Å². The van der Waals surface area contributed by atoms with Crippen molar-refractivity contribution in [3.05, 3.63) is 83.4 Å². The first-order valence-corrected chi connectivity index (χ1v) is 8.90. The second-order valence-corrected chi connectivity index (χ2v) is 6.98. The Balaban J connectivity index is 1.84. The minimum atomic E-state index is -4.43. The molecule has 0 heterocycles. The SMILES string of the molecule is O=S(Cc1ccccc1C(F)(F)F)Cc1cccc2ccccc12. The summed E-state index contributed by atoms with van der Waals surface area (Å²) in [6.07, 6.45) is -4.43. The standard InChI is InChI=1S/C19H15F3OS/c20-19(21,22)18-11-4-2-7-16(18)13-24(23)12-15-9-5-8-14-6-1-3-10-17(14)15/h1-11H,12-13H2. The Hall–Kier alpha value is -2.14. The second-order valence-electron chi connectivity index (χ2n) is 5.52. The third kappa shape index (κ3) is 3.67. The largest absolute Gasteiger partial charge is 0.416 e. The molecule has 0 aliphatic heterocycles. The van der Waals surface area contributed by atoms with Crippen molar-refractivity contribution in [2.24, 2.45) is 0 Å². The fourth-order valence-electron chi connectivity index (χ4n) is 2.74. The Morgan fingerprint density at radius 2 is 1.33 bits per heavy atom. The van der Waals surface area contributed by atoms with E-state index in [1.165, 1.54) is 12.1 Å². The van der Waals surface area contributed by atoms with E-state index in [1.807, 2.05) is 42.5 Å². The van der Waals surface area contributed by atoms with Crippen LogP contribution in [-0.2, 0) is 28.5 Å². The van der Waals surface area contributed by atoms with Gasteiger partial charge in [0, 0.05) is 22.3 Å². The average Bonchev–Trinajstić information content (AvgIpc) is 2.54. The summed E-state index contributed by atoms with van der Waals surface area (Å²) in [6.45, 7) is 0. The van der Waals surface area contributed by atoms with E-state index in [4.69, 9.17) is 0 Å². The van der Waals surface area contributed by atoms with Crippen LogP contribution < -0.4 is 0 Å². The molecule has 0 aliphatic carbocycles. The van der Waals surface area contributed by atoms with E-state index in [9.17, 15) is 17.4 Å². The number of hydrogen-bond donors (Lipinski definition) is 0. The molecule has 5 heteroatoms. The van der Waals surface area contributed by atoms with E-state index in [2.05, 4.69) is 0 Å². The molecule has 0 N–H and O–H groups in total. The topological polar surface area (TPSA) is 17.1 Å². The second kappa shape index (κ2) is 6.77. The molecule has 1 unspecified atom stereocenters. The molecule has 0 aliphatic rings. The van der Waals surface area contributed by atoms with Crippen molar-refractivity contribution < 1.29 is 17.4 Å². The van der Waals surface area contributed by atoms with E-state index in [0.717, 1.165) is 22.4 Å². The van der Waals surface area contributed by atoms with Crippen molar-refractivity contribution in [3.63, 3.8) is 0 Å². The molecule has 3 aromatic rings. The number of rotatable bonds is 4. The summed E-state index contributed by atoms with van der Waals surface area (Å²) in [5, 5.41) is 2.01. The molecule has 0 saturated heterocycles.